The fraction of sp³-hybridized carbons (Fsp3) is 0.471. The molecule has 1 aromatic carbocycles. The second-order valence-corrected chi connectivity index (χ2v) is 6.01. The van der Waals surface area contributed by atoms with Gasteiger partial charge in [0.15, 0.2) is 0 Å². The van der Waals surface area contributed by atoms with Crippen LogP contribution in [0.25, 0.3) is 10.8 Å². The SMILES string of the molecule is CCC1(C)CC(O)(c2cccc3ccncc23)CCO1. The number of ether oxygens (including phenoxy) is 1. The third kappa shape index (κ3) is 2.21. The van der Waals surface area contributed by atoms with Crippen molar-refractivity contribution >= 4 is 10.8 Å². The van der Waals surface area contributed by atoms with Gasteiger partial charge < -0.3 is 9.84 Å². The lowest BCUT2D eigenvalue weighted by Gasteiger charge is -2.43. The summed E-state index contributed by atoms with van der Waals surface area (Å²) in [6, 6.07) is 8.07. The van der Waals surface area contributed by atoms with E-state index < -0.39 is 5.60 Å². The topological polar surface area (TPSA) is 42.4 Å². The van der Waals surface area contributed by atoms with Gasteiger partial charge in [-0.1, -0.05) is 25.1 Å². The fourth-order valence-electron chi connectivity index (χ4n) is 3.20. The number of aliphatic hydroxyl groups is 1. The molecule has 2 aromatic rings. The van der Waals surface area contributed by atoms with Gasteiger partial charge in [-0.25, -0.2) is 0 Å². The molecule has 3 heteroatoms. The van der Waals surface area contributed by atoms with E-state index in [4.69, 9.17) is 4.74 Å². The number of pyridine rings is 1. The maximum absolute atomic E-state index is 11.2. The van der Waals surface area contributed by atoms with Crippen molar-refractivity contribution in [2.45, 2.75) is 44.3 Å². The molecule has 1 N–H and O–H groups in total. The Bertz CT molecular complexity index is 622. The van der Waals surface area contributed by atoms with Crippen LogP contribution in [-0.4, -0.2) is 22.3 Å². The molecule has 2 unspecified atom stereocenters. The molecule has 106 valence electrons. The summed E-state index contributed by atoms with van der Waals surface area (Å²) in [5.74, 6) is 0. The summed E-state index contributed by atoms with van der Waals surface area (Å²) in [6.07, 6.45) is 5.80. The predicted molar refractivity (Wildman–Crippen MR) is 79.5 cm³/mol. The number of aromatic nitrogens is 1. The van der Waals surface area contributed by atoms with Gasteiger partial charge in [0, 0.05) is 30.6 Å². The molecular formula is C17H21NO2. The van der Waals surface area contributed by atoms with Crippen molar-refractivity contribution in [1.29, 1.82) is 0 Å². The van der Waals surface area contributed by atoms with Crippen molar-refractivity contribution in [3.8, 4) is 0 Å². The van der Waals surface area contributed by atoms with E-state index in [1.807, 2.05) is 24.4 Å². The highest BCUT2D eigenvalue weighted by molar-refractivity contribution is 5.85. The average molecular weight is 271 g/mol. The van der Waals surface area contributed by atoms with Gasteiger partial charge in [-0.05, 0) is 30.4 Å². The third-order valence-electron chi connectivity index (χ3n) is 4.57. The first kappa shape index (κ1) is 13.5. The second kappa shape index (κ2) is 4.83. The van der Waals surface area contributed by atoms with Crippen molar-refractivity contribution < 1.29 is 9.84 Å². The lowest BCUT2D eigenvalue weighted by Crippen LogP contribution is -2.45. The van der Waals surface area contributed by atoms with Crippen LogP contribution in [0.15, 0.2) is 36.7 Å². The molecule has 0 radical (unpaired) electrons. The average Bonchev–Trinajstić information content (AvgIpc) is 2.46. The molecule has 0 amide bonds. The number of hydrogen-bond donors (Lipinski definition) is 1. The molecular weight excluding hydrogens is 250 g/mol. The minimum atomic E-state index is -0.828. The van der Waals surface area contributed by atoms with E-state index in [9.17, 15) is 5.11 Å². The van der Waals surface area contributed by atoms with Crippen LogP contribution in [0.3, 0.4) is 0 Å². The van der Waals surface area contributed by atoms with Crippen LogP contribution >= 0.6 is 0 Å². The van der Waals surface area contributed by atoms with Gasteiger partial charge in [-0.15, -0.1) is 0 Å². The van der Waals surface area contributed by atoms with Crippen LogP contribution in [0.2, 0.25) is 0 Å². The standard InChI is InChI=1S/C17H21NO2/c1-3-16(2)12-17(19,8-10-20-16)15-6-4-5-13-7-9-18-11-14(13)15/h4-7,9,11,19H,3,8,10,12H2,1-2H3. The van der Waals surface area contributed by atoms with E-state index in [2.05, 4.69) is 24.9 Å². The van der Waals surface area contributed by atoms with Gasteiger partial charge in [-0.3, -0.25) is 4.98 Å². The molecule has 20 heavy (non-hydrogen) atoms. The first-order valence-corrected chi connectivity index (χ1v) is 7.26. The van der Waals surface area contributed by atoms with E-state index in [0.29, 0.717) is 19.4 Å². The van der Waals surface area contributed by atoms with E-state index in [0.717, 1.165) is 22.8 Å². The summed E-state index contributed by atoms with van der Waals surface area (Å²) >= 11 is 0. The molecule has 1 aliphatic rings. The molecule has 3 nitrogen and oxygen atoms in total. The summed E-state index contributed by atoms with van der Waals surface area (Å²) in [5, 5.41) is 13.4. The molecule has 1 aliphatic heterocycles. The maximum Gasteiger partial charge on any atom is 0.0952 e. The monoisotopic (exact) mass is 271 g/mol. The van der Waals surface area contributed by atoms with Crippen LogP contribution in [0, 0.1) is 0 Å². The molecule has 1 aromatic heterocycles. The van der Waals surface area contributed by atoms with Gasteiger partial charge in [0.1, 0.15) is 0 Å². The van der Waals surface area contributed by atoms with Gasteiger partial charge >= 0.3 is 0 Å². The molecule has 0 spiro atoms. The molecule has 0 saturated carbocycles. The molecule has 1 fully saturated rings. The Hall–Kier alpha value is -1.45. The number of fused-ring (bicyclic) bond motifs is 1. The Morgan fingerprint density at radius 1 is 1.35 bits per heavy atom. The number of benzene rings is 1. The van der Waals surface area contributed by atoms with Crippen molar-refractivity contribution in [3.05, 3.63) is 42.2 Å². The Morgan fingerprint density at radius 3 is 3.00 bits per heavy atom. The van der Waals surface area contributed by atoms with Gasteiger partial charge in [0.25, 0.3) is 0 Å². The lowest BCUT2D eigenvalue weighted by molar-refractivity contribution is -0.157. The molecule has 1 saturated heterocycles. The van der Waals surface area contributed by atoms with Crippen molar-refractivity contribution in [2.24, 2.45) is 0 Å². The molecule has 0 bridgehead atoms. The number of nitrogens with zero attached hydrogens (tertiary/aromatic N) is 1. The first-order chi connectivity index (χ1) is 9.56. The van der Waals surface area contributed by atoms with Gasteiger partial charge in [0.05, 0.1) is 17.8 Å². The summed E-state index contributed by atoms with van der Waals surface area (Å²) in [7, 11) is 0. The summed E-state index contributed by atoms with van der Waals surface area (Å²) < 4.78 is 5.87. The van der Waals surface area contributed by atoms with Crippen LogP contribution in [0.5, 0.6) is 0 Å². The molecule has 0 aliphatic carbocycles. The smallest absolute Gasteiger partial charge is 0.0952 e. The zero-order chi connectivity index (χ0) is 14.2. The van der Waals surface area contributed by atoms with Gasteiger partial charge in [0.2, 0.25) is 0 Å². The normalized spacial score (nSPS) is 30.6. The van der Waals surface area contributed by atoms with Crippen LogP contribution in [0.4, 0.5) is 0 Å². The predicted octanol–water partition coefficient (Wildman–Crippen LogP) is 3.40. The van der Waals surface area contributed by atoms with Crippen molar-refractivity contribution in [3.63, 3.8) is 0 Å². The third-order valence-corrected chi connectivity index (χ3v) is 4.57. The highest BCUT2D eigenvalue weighted by atomic mass is 16.5. The van der Waals surface area contributed by atoms with Crippen LogP contribution in [-0.2, 0) is 10.3 Å². The molecule has 2 heterocycles. The highest BCUT2D eigenvalue weighted by Crippen LogP contribution is 2.42. The summed E-state index contributed by atoms with van der Waals surface area (Å²) in [5.41, 5.74) is -0.103. The Labute approximate surface area is 119 Å². The van der Waals surface area contributed by atoms with E-state index in [1.165, 1.54) is 0 Å². The quantitative estimate of drug-likeness (QED) is 0.910. The van der Waals surface area contributed by atoms with Crippen molar-refractivity contribution in [2.75, 3.05) is 6.61 Å². The van der Waals surface area contributed by atoms with Gasteiger partial charge in [-0.2, -0.15) is 0 Å². The largest absolute Gasteiger partial charge is 0.385 e. The van der Waals surface area contributed by atoms with E-state index >= 15 is 0 Å². The number of hydrogen-bond acceptors (Lipinski definition) is 3. The minimum absolute atomic E-state index is 0.253. The van der Waals surface area contributed by atoms with Crippen LogP contribution < -0.4 is 0 Å². The zero-order valence-corrected chi connectivity index (χ0v) is 12.1. The molecule has 3 rings (SSSR count). The highest BCUT2D eigenvalue weighted by Gasteiger charge is 2.42. The Balaban J connectivity index is 2.09. The maximum atomic E-state index is 11.2. The Morgan fingerprint density at radius 2 is 2.20 bits per heavy atom. The minimum Gasteiger partial charge on any atom is -0.385 e. The number of rotatable bonds is 2. The second-order valence-electron chi connectivity index (χ2n) is 6.01. The summed E-state index contributed by atoms with van der Waals surface area (Å²) in [4.78, 5) is 4.21. The lowest BCUT2D eigenvalue weighted by atomic mass is 9.76. The first-order valence-electron chi connectivity index (χ1n) is 7.26. The van der Waals surface area contributed by atoms with E-state index in [1.54, 1.807) is 6.20 Å². The fourth-order valence-corrected chi connectivity index (χ4v) is 3.20. The molecule has 2 atom stereocenters. The zero-order valence-electron chi connectivity index (χ0n) is 12.1. The Kier molecular flexibility index (Phi) is 3.27. The van der Waals surface area contributed by atoms with Crippen molar-refractivity contribution in [1.82, 2.24) is 4.98 Å². The van der Waals surface area contributed by atoms with E-state index in [-0.39, 0.29) is 5.60 Å². The van der Waals surface area contributed by atoms with Crippen LogP contribution in [0.1, 0.15) is 38.7 Å². The summed E-state index contributed by atoms with van der Waals surface area (Å²) in [6.45, 7) is 4.79.